The zero-order chi connectivity index (χ0) is 20.4. The summed E-state index contributed by atoms with van der Waals surface area (Å²) in [5.41, 5.74) is 4.36. The average molecular weight is 467 g/mol. The highest BCUT2D eigenvalue weighted by molar-refractivity contribution is 9.10. The first-order valence-corrected chi connectivity index (χ1v) is 11.0. The number of thioether (sulfide) groups is 1. The van der Waals surface area contributed by atoms with Crippen molar-refractivity contribution in [3.63, 3.8) is 0 Å². The lowest BCUT2D eigenvalue weighted by atomic mass is 10.1. The molecular formula is C23H19BrN2O2S. The highest BCUT2D eigenvalue weighted by atomic mass is 79.9. The van der Waals surface area contributed by atoms with Crippen LogP contribution in [0.25, 0.3) is 0 Å². The zero-order valence-corrected chi connectivity index (χ0v) is 18.2. The Kier molecular flexibility index (Phi) is 5.74. The molecule has 4 nitrogen and oxygen atoms in total. The van der Waals surface area contributed by atoms with Crippen LogP contribution in [0.3, 0.4) is 0 Å². The van der Waals surface area contributed by atoms with Crippen LogP contribution in [0.15, 0.2) is 77.3 Å². The van der Waals surface area contributed by atoms with E-state index in [0.29, 0.717) is 17.0 Å². The molecule has 0 aromatic heterocycles. The van der Waals surface area contributed by atoms with Gasteiger partial charge in [0.15, 0.2) is 0 Å². The van der Waals surface area contributed by atoms with Crippen LogP contribution in [0.1, 0.15) is 26.9 Å². The van der Waals surface area contributed by atoms with Crippen molar-refractivity contribution in [2.45, 2.75) is 12.3 Å². The average Bonchev–Trinajstić information content (AvgIpc) is 3.10. The van der Waals surface area contributed by atoms with E-state index in [4.69, 9.17) is 0 Å². The highest BCUT2D eigenvalue weighted by Crippen LogP contribution is 2.42. The third-order valence-corrected chi connectivity index (χ3v) is 6.62. The van der Waals surface area contributed by atoms with Crippen LogP contribution in [-0.4, -0.2) is 17.6 Å². The lowest BCUT2D eigenvalue weighted by Crippen LogP contribution is -2.27. The van der Waals surface area contributed by atoms with Gasteiger partial charge in [-0.1, -0.05) is 36.4 Å². The van der Waals surface area contributed by atoms with Gasteiger partial charge < -0.3 is 5.32 Å². The number of rotatable bonds is 4. The Hall–Kier alpha value is -2.57. The zero-order valence-electron chi connectivity index (χ0n) is 15.8. The maximum absolute atomic E-state index is 12.5. The molecule has 1 fully saturated rings. The topological polar surface area (TPSA) is 49.4 Å². The van der Waals surface area contributed by atoms with Crippen LogP contribution < -0.4 is 10.2 Å². The van der Waals surface area contributed by atoms with Crippen LogP contribution in [0.4, 0.5) is 11.4 Å². The number of benzene rings is 3. The van der Waals surface area contributed by atoms with Crippen molar-refractivity contribution >= 4 is 50.9 Å². The van der Waals surface area contributed by atoms with Gasteiger partial charge in [-0.25, -0.2) is 0 Å². The molecule has 2 amide bonds. The molecule has 1 saturated heterocycles. The van der Waals surface area contributed by atoms with Gasteiger partial charge in [0.25, 0.3) is 5.91 Å². The molecule has 0 radical (unpaired) electrons. The van der Waals surface area contributed by atoms with Crippen molar-refractivity contribution in [1.29, 1.82) is 0 Å². The first-order valence-electron chi connectivity index (χ1n) is 9.19. The summed E-state index contributed by atoms with van der Waals surface area (Å²) in [5.74, 6) is 0.396. The predicted octanol–water partition coefficient (Wildman–Crippen LogP) is 5.79. The molecule has 3 aromatic rings. The molecule has 29 heavy (non-hydrogen) atoms. The summed E-state index contributed by atoms with van der Waals surface area (Å²) in [6.45, 7) is 2.02. The molecule has 1 aliphatic rings. The third kappa shape index (κ3) is 4.23. The Bertz CT molecular complexity index is 1070. The van der Waals surface area contributed by atoms with Crippen molar-refractivity contribution in [3.8, 4) is 0 Å². The van der Waals surface area contributed by atoms with Gasteiger partial charge in [-0.15, -0.1) is 11.8 Å². The minimum Gasteiger partial charge on any atom is -0.322 e. The summed E-state index contributed by atoms with van der Waals surface area (Å²) >= 11 is 5.02. The number of hydrogen-bond donors (Lipinski definition) is 1. The summed E-state index contributed by atoms with van der Waals surface area (Å²) in [5, 5.41) is 2.85. The normalized spacial score (nSPS) is 16.1. The van der Waals surface area contributed by atoms with Crippen molar-refractivity contribution in [3.05, 3.63) is 94.0 Å². The molecule has 1 N–H and O–H groups in total. The smallest absolute Gasteiger partial charge is 0.256 e. The molecule has 1 heterocycles. The first kappa shape index (κ1) is 19.7. The SMILES string of the molecule is Cc1cccc(N2C(=O)CSC2c2ccc(NC(=O)c3ccccc3Br)cc2)c1. The molecular weight excluding hydrogens is 448 g/mol. The van der Waals surface area contributed by atoms with E-state index in [0.717, 1.165) is 21.3 Å². The van der Waals surface area contributed by atoms with Crippen LogP contribution >= 0.6 is 27.7 Å². The second-order valence-corrected chi connectivity index (χ2v) is 8.74. The number of nitrogens with zero attached hydrogens (tertiary/aromatic N) is 1. The lowest BCUT2D eigenvalue weighted by Gasteiger charge is -2.25. The molecule has 0 bridgehead atoms. The molecule has 146 valence electrons. The predicted molar refractivity (Wildman–Crippen MR) is 122 cm³/mol. The number of anilines is 2. The Morgan fingerprint density at radius 3 is 2.55 bits per heavy atom. The number of carbonyl (C=O) groups excluding carboxylic acids is 2. The fourth-order valence-electron chi connectivity index (χ4n) is 3.30. The van der Waals surface area contributed by atoms with Gasteiger partial charge in [0.1, 0.15) is 5.37 Å². The Balaban J connectivity index is 1.53. The standard InChI is InChI=1S/C23H19BrN2O2S/c1-15-5-4-6-18(13-15)26-21(27)14-29-23(26)16-9-11-17(12-10-16)25-22(28)19-7-2-3-8-20(19)24/h2-13,23H,14H2,1H3,(H,25,28). The van der Waals surface area contributed by atoms with Gasteiger partial charge in [0, 0.05) is 15.8 Å². The largest absolute Gasteiger partial charge is 0.322 e. The summed E-state index contributed by atoms with van der Waals surface area (Å²) in [6.07, 6.45) is 0. The molecule has 0 aliphatic carbocycles. The number of amides is 2. The molecule has 6 heteroatoms. The molecule has 3 aromatic carbocycles. The maximum atomic E-state index is 12.5. The second kappa shape index (κ2) is 8.43. The number of hydrogen-bond acceptors (Lipinski definition) is 3. The van der Waals surface area contributed by atoms with Gasteiger partial charge in [-0.2, -0.15) is 0 Å². The highest BCUT2D eigenvalue weighted by Gasteiger charge is 2.34. The van der Waals surface area contributed by atoms with E-state index in [-0.39, 0.29) is 17.2 Å². The van der Waals surface area contributed by atoms with Crippen LogP contribution in [0.2, 0.25) is 0 Å². The molecule has 4 rings (SSSR count). The Morgan fingerprint density at radius 1 is 1.07 bits per heavy atom. The van der Waals surface area contributed by atoms with Crippen LogP contribution in [0.5, 0.6) is 0 Å². The van der Waals surface area contributed by atoms with Gasteiger partial charge in [0.05, 0.1) is 11.3 Å². The molecule has 0 saturated carbocycles. The lowest BCUT2D eigenvalue weighted by molar-refractivity contribution is -0.115. The van der Waals surface area contributed by atoms with E-state index in [1.165, 1.54) is 0 Å². The molecule has 1 unspecified atom stereocenters. The van der Waals surface area contributed by atoms with Gasteiger partial charge >= 0.3 is 0 Å². The van der Waals surface area contributed by atoms with Crippen molar-refractivity contribution in [1.82, 2.24) is 0 Å². The summed E-state index contributed by atoms with van der Waals surface area (Å²) in [4.78, 5) is 26.9. The van der Waals surface area contributed by atoms with Gasteiger partial charge in [-0.05, 0) is 70.4 Å². The van der Waals surface area contributed by atoms with Gasteiger partial charge in [-0.3, -0.25) is 14.5 Å². The molecule has 1 aliphatic heterocycles. The minimum atomic E-state index is -0.169. The molecule has 1 atom stereocenters. The quantitative estimate of drug-likeness (QED) is 0.529. The summed E-state index contributed by atoms with van der Waals surface area (Å²) in [7, 11) is 0. The van der Waals surface area contributed by atoms with E-state index in [1.807, 2.05) is 78.6 Å². The van der Waals surface area contributed by atoms with E-state index in [1.54, 1.807) is 17.8 Å². The number of carbonyl (C=O) groups is 2. The summed E-state index contributed by atoms with van der Waals surface area (Å²) < 4.78 is 0.754. The fraction of sp³-hybridized carbons (Fsp3) is 0.130. The third-order valence-electron chi connectivity index (χ3n) is 4.72. The van der Waals surface area contributed by atoms with Crippen molar-refractivity contribution < 1.29 is 9.59 Å². The Labute approximate surface area is 182 Å². The first-order chi connectivity index (χ1) is 14.0. The minimum absolute atomic E-state index is 0.0719. The Morgan fingerprint density at radius 2 is 1.83 bits per heavy atom. The fourth-order valence-corrected chi connectivity index (χ4v) is 4.94. The van der Waals surface area contributed by atoms with Crippen LogP contribution in [-0.2, 0) is 4.79 Å². The second-order valence-electron chi connectivity index (χ2n) is 6.82. The number of aryl methyl sites for hydroxylation is 1. The van der Waals surface area contributed by atoms with Gasteiger partial charge in [0.2, 0.25) is 5.91 Å². The van der Waals surface area contributed by atoms with E-state index in [9.17, 15) is 9.59 Å². The van der Waals surface area contributed by atoms with Crippen LogP contribution in [0, 0.1) is 6.92 Å². The van der Waals surface area contributed by atoms with Crippen molar-refractivity contribution in [2.24, 2.45) is 0 Å². The number of nitrogens with one attached hydrogen (secondary N) is 1. The van der Waals surface area contributed by atoms with Crippen molar-refractivity contribution in [2.75, 3.05) is 16.0 Å². The number of halogens is 1. The van der Waals surface area contributed by atoms with E-state index >= 15 is 0 Å². The molecule has 0 spiro atoms. The van der Waals surface area contributed by atoms with E-state index in [2.05, 4.69) is 21.2 Å². The maximum Gasteiger partial charge on any atom is 0.256 e. The van der Waals surface area contributed by atoms with E-state index < -0.39 is 0 Å². The monoisotopic (exact) mass is 466 g/mol. The summed E-state index contributed by atoms with van der Waals surface area (Å²) in [6, 6.07) is 23.0.